The van der Waals surface area contributed by atoms with Gasteiger partial charge in [-0.1, -0.05) is 19.1 Å². The summed E-state index contributed by atoms with van der Waals surface area (Å²) in [6.45, 7) is 5.17. The summed E-state index contributed by atoms with van der Waals surface area (Å²) in [7, 11) is 0. The van der Waals surface area contributed by atoms with Gasteiger partial charge in [-0.3, -0.25) is 4.79 Å². The molecule has 0 radical (unpaired) electrons. The van der Waals surface area contributed by atoms with E-state index < -0.39 is 0 Å². The molecule has 1 N–H and O–H groups in total. The molecule has 0 aliphatic heterocycles. The van der Waals surface area contributed by atoms with E-state index in [1.807, 2.05) is 30.5 Å². The van der Waals surface area contributed by atoms with Gasteiger partial charge >= 0.3 is 0 Å². The van der Waals surface area contributed by atoms with E-state index in [2.05, 4.69) is 24.4 Å². The molecule has 2 rings (SSSR count). The summed E-state index contributed by atoms with van der Waals surface area (Å²) in [5, 5.41) is 4.76. The van der Waals surface area contributed by atoms with E-state index in [0.717, 1.165) is 22.6 Å². The SMILES string of the molecule is CCNC(=O)c1cc(COc2ccc(CC)cc2)cs1. The normalized spacial score (nSPS) is 10.3. The molecule has 0 aliphatic rings. The van der Waals surface area contributed by atoms with Crippen molar-refractivity contribution in [1.82, 2.24) is 5.32 Å². The highest BCUT2D eigenvalue weighted by Crippen LogP contribution is 2.18. The Kier molecular flexibility index (Phi) is 5.18. The summed E-state index contributed by atoms with van der Waals surface area (Å²) in [6.07, 6.45) is 1.03. The summed E-state index contributed by atoms with van der Waals surface area (Å²) in [4.78, 5) is 12.4. The standard InChI is InChI=1S/C16H19NO2S/c1-3-12-5-7-14(8-6-12)19-10-13-9-15(20-11-13)16(18)17-4-2/h5-9,11H,3-4,10H2,1-2H3,(H,17,18). The Bertz CT molecular complexity index is 560. The van der Waals surface area contributed by atoms with Crippen molar-refractivity contribution in [2.24, 2.45) is 0 Å². The molecule has 0 saturated heterocycles. The van der Waals surface area contributed by atoms with Gasteiger partial charge in [-0.25, -0.2) is 0 Å². The number of rotatable bonds is 6. The maximum absolute atomic E-state index is 11.7. The molecule has 0 atom stereocenters. The fraction of sp³-hybridized carbons (Fsp3) is 0.312. The van der Waals surface area contributed by atoms with Gasteiger partial charge in [0.2, 0.25) is 0 Å². The Hall–Kier alpha value is -1.81. The van der Waals surface area contributed by atoms with Crippen molar-refractivity contribution in [2.75, 3.05) is 6.54 Å². The van der Waals surface area contributed by atoms with Crippen molar-refractivity contribution in [3.8, 4) is 5.75 Å². The summed E-state index contributed by atoms with van der Waals surface area (Å²) in [6, 6.07) is 9.99. The summed E-state index contributed by atoms with van der Waals surface area (Å²) >= 11 is 1.45. The smallest absolute Gasteiger partial charge is 0.261 e. The molecule has 0 aliphatic carbocycles. The van der Waals surface area contributed by atoms with Crippen molar-refractivity contribution in [2.45, 2.75) is 26.9 Å². The lowest BCUT2D eigenvalue weighted by Crippen LogP contribution is -2.21. The van der Waals surface area contributed by atoms with Crippen LogP contribution in [0.4, 0.5) is 0 Å². The monoisotopic (exact) mass is 289 g/mol. The highest BCUT2D eigenvalue weighted by Gasteiger charge is 2.08. The number of carbonyl (C=O) groups is 1. The van der Waals surface area contributed by atoms with Gasteiger partial charge in [0.05, 0.1) is 4.88 Å². The number of ether oxygens (including phenoxy) is 1. The maximum atomic E-state index is 11.7. The Morgan fingerprint density at radius 2 is 1.95 bits per heavy atom. The highest BCUT2D eigenvalue weighted by molar-refractivity contribution is 7.12. The average Bonchev–Trinajstić information content (AvgIpc) is 2.95. The Balaban J connectivity index is 1.91. The molecule has 1 aromatic heterocycles. The number of amides is 1. The minimum atomic E-state index is -0.0175. The number of hydrogen-bond acceptors (Lipinski definition) is 3. The molecular formula is C16H19NO2S. The second-order valence-electron chi connectivity index (χ2n) is 4.46. The van der Waals surface area contributed by atoms with E-state index in [-0.39, 0.29) is 5.91 Å². The molecule has 0 spiro atoms. The lowest BCUT2D eigenvalue weighted by atomic mass is 10.2. The second-order valence-corrected chi connectivity index (χ2v) is 5.38. The number of carbonyl (C=O) groups excluding carboxylic acids is 1. The van der Waals surface area contributed by atoms with Crippen molar-refractivity contribution in [3.63, 3.8) is 0 Å². The van der Waals surface area contributed by atoms with Gasteiger partial charge in [0.25, 0.3) is 5.91 Å². The molecule has 106 valence electrons. The molecule has 20 heavy (non-hydrogen) atoms. The van der Waals surface area contributed by atoms with Crippen LogP contribution in [0.15, 0.2) is 35.7 Å². The molecule has 0 unspecified atom stereocenters. The van der Waals surface area contributed by atoms with Gasteiger partial charge in [-0.2, -0.15) is 0 Å². The van der Waals surface area contributed by atoms with Crippen molar-refractivity contribution in [1.29, 1.82) is 0 Å². The zero-order valence-electron chi connectivity index (χ0n) is 11.8. The molecule has 1 amide bonds. The number of benzene rings is 1. The number of hydrogen-bond donors (Lipinski definition) is 1. The van der Waals surface area contributed by atoms with E-state index >= 15 is 0 Å². The molecule has 4 heteroatoms. The fourth-order valence-corrected chi connectivity index (χ4v) is 2.62. The zero-order valence-corrected chi connectivity index (χ0v) is 12.6. The molecule has 3 nitrogen and oxygen atoms in total. The number of thiophene rings is 1. The van der Waals surface area contributed by atoms with Gasteiger partial charge in [0.15, 0.2) is 0 Å². The Morgan fingerprint density at radius 1 is 1.20 bits per heavy atom. The van der Waals surface area contributed by atoms with Crippen LogP contribution in [-0.4, -0.2) is 12.5 Å². The lowest BCUT2D eigenvalue weighted by Gasteiger charge is -2.05. The van der Waals surface area contributed by atoms with Crippen molar-refractivity contribution < 1.29 is 9.53 Å². The van der Waals surface area contributed by atoms with E-state index in [1.165, 1.54) is 16.9 Å². The van der Waals surface area contributed by atoms with E-state index in [0.29, 0.717) is 13.2 Å². The minimum absolute atomic E-state index is 0.0175. The first kappa shape index (κ1) is 14.6. The summed E-state index contributed by atoms with van der Waals surface area (Å²) < 4.78 is 5.72. The van der Waals surface area contributed by atoms with Crippen LogP contribution in [0.25, 0.3) is 0 Å². The van der Waals surface area contributed by atoms with E-state index in [4.69, 9.17) is 4.74 Å². The molecular weight excluding hydrogens is 270 g/mol. The first-order valence-electron chi connectivity index (χ1n) is 6.80. The van der Waals surface area contributed by atoms with Gasteiger partial charge < -0.3 is 10.1 Å². The zero-order chi connectivity index (χ0) is 14.4. The lowest BCUT2D eigenvalue weighted by molar-refractivity contribution is 0.0960. The molecule has 0 saturated carbocycles. The summed E-state index contributed by atoms with van der Waals surface area (Å²) in [5.74, 6) is 0.837. The second kappa shape index (κ2) is 7.10. The van der Waals surface area contributed by atoms with Crippen molar-refractivity contribution >= 4 is 17.2 Å². The number of aryl methyl sites for hydroxylation is 1. The highest BCUT2D eigenvalue weighted by atomic mass is 32.1. The van der Waals surface area contributed by atoms with Crippen LogP contribution in [0.5, 0.6) is 5.75 Å². The Labute approximate surface area is 123 Å². The van der Waals surface area contributed by atoms with Gasteiger partial charge in [-0.15, -0.1) is 11.3 Å². The minimum Gasteiger partial charge on any atom is -0.489 e. The first-order valence-corrected chi connectivity index (χ1v) is 7.68. The van der Waals surface area contributed by atoms with Crippen LogP contribution in [0.1, 0.15) is 34.6 Å². The summed E-state index contributed by atoms with van der Waals surface area (Å²) in [5.41, 5.74) is 2.32. The first-order chi connectivity index (χ1) is 9.72. The quantitative estimate of drug-likeness (QED) is 0.881. The molecule has 2 aromatic rings. The third-order valence-electron chi connectivity index (χ3n) is 2.95. The largest absolute Gasteiger partial charge is 0.489 e. The van der Waals surface area contributed by atoms with E-state index in [1.54, 1.807) is 0 Å². The van der Waals surface area contributed by atoms with Crippen LogP contribution < -0.4 is 10.1 Å². The predicted molar refractivity (Wildman–Crippen MR) is 82.5 cm³/mol. The van der Waals surface area contributed by atoms with Crippen LogP contribution in [0, 0.1) is 0 Å². The Morgan fingerprint density at radius 3 is 2.60 bits per heavy atom. The van der Waals surface area contributed by atoms with Gasteiger partial charge in [0, 0.05) is 12.1 Å². The van der Waals surface area contributed by atoms with Crippen molar-refractivity contribution in [3.05, 3.63) is 51.7 Å². The maximum Gasteiger partial charge on any atom is 0.261 e. The van der Waals surface area contributed by atoms with Crippen LogP contribution in [0.3, 0.4) is 0 Å². The molecule has 1 heterocycles. The van der Waals surface area contributed by atoms with Crippen LogP contribution >= 0.6 is 11.3 Å². The fourth-order valence-electron chi connectivity index (χ4n) is 1.81. The topological polar surface area (TPSA) is 38.3 Å². The average molecular weight is 289 g/mol. The third kappa shape index (κ3) is 3.84. The molecule has 0 fully saturated rings. The van der Waals surface area contributed by atoms with Crippen LogP contribution in [-0.2, 0) is 13.0 Å². The molecule has 0 bridgehead atoms. The predicted octanol–water partition coefficient (Wildman–Crippen LogP) is 3.64. The van der Waals surface area contributed by atoms with Gasteiger partial charge in [0.1, 0.15) is 12.4 Å². The van der Waals surface area contributed by atoms with E-state index in [9.17, 15) is 4.79 Å². The number of nitrogens with one attached hydrogen (secondary N) is 1. The molecule has 1 aromatic carbocycles. The van der Waals surface area contributed by atoms with Crippen LogP contribution in [0.2, 0.25) is 0 Å². The third-order valence-corrected chi connectivity index (χ3v) is 3.93. The van der Waals surface area contributed by atoms with Gasteiger partial charge in [-0.05, 0) is 42.5 Å².